The van der Waals surface area contributed by atoms with Gasteiger partial charge >= 0.3 is 0 Å². The fraction of sp³-hybridized carbons (Fsp3) is 0.440. The van der Waals surface area contributed by atoms with Gasteiger partial charge in [-0.3, -0.25) is 9.59 Å². The van der Waals surface area contributed by atoms with Crippen LogP contribution in [0.5, 0.6) is 11.5 Å². The third kappa shape index (κ3) is 4.80. The van der Waals surface area contributed by atoms with Crippen molar-refractivity contribution in [2.75, 3.05) is 60.5 Å². The van der Waals surface area contributed by atoms with E-state index in [-0.39, 0.29) is 23.7 Å². The van der Waals surface area contributed by atoms with E-state index in [0.29, 0.717) is 48.3 Å². The molecule has 176 valence electrons. The zero-order valence-electron chi connectivity index (χ0n) is 19.3. The van der Waals surface area contributed by atoms with Gasteiger partial charge in [-0.2, -0.15) is 0 Å². The summed E-state index contributed by atoms with van der Waals surface area (Å²) < 4.78 is 11.1. The fourth-order valence-electron chi connectivity index (χ4n) is 4.73. The second kappa shape index (κ2) is 10.0. The lowest BCUT2D eigenvalue weighted by molar-refractivity contribution is -0.137. The largest absolute Gasteiger partial charge is 0.497 e. The van der Waals surface area contributed by atoms with Crippen LogP contribution in [0.4, 0.5) is 0 Å². The molecule has 7 nitrogen and oxygen atoms in total. The van der Waals surface area contributed by atoms with E-state index in [1.807, 2.05) is 23.1 Å². The number of methoxy groups -OCH3 is 2. The first-order valence-electron chi connectivity index (χ1n) is 11.2. The van der Waals surface area contributed by atoms with Crippen LogP contribution in [0.2, 0.25) is 5.02 Å². The summed E-state index contributed by atoms with van der Waals surface area (Å²) in [7, 11) is 5.29. The number of amides is 2. The van der Waals surface area contributed by atoms with Crippen LogP contribution in [-0.2, 0) is 4.79 Å². The Labute approximate surface area is 199 Å². The van der Waals surface area contributed by atoms with Crippen LogP contribution >= 0.6 is 11.6 Å². The van der Waals surface area contributed by atoms with Crippen LogP contribution in [-0.4, -0.2) is 87.0 Å². The van der Waals surface area contributed by atoms with E-state index in [1.165, 1.54) is 0 Å². The minimum absolute atomic E-state index is 0.0763. The predicted molar refractivity (Wildman–Crippen MR) is 127 cm³/mol. The van der Waals surface area contributed by atoms with Crippen molar-refractivity contribution < 1.29 is 19.1 Å². The monoisotopic (exact) mass is 471 g/mol. The number of carbonyl (C=O) groups excluding carboxylic acids is 2. The van der Waals surface area contributed by atoms with E-state index in [9.17, 15) is 9.59 Å². The number of likely N-dealkylation sites (N-methyl/N-ethyl adjacent to an activating group) is 1. The zero-order valence-corrected chi connectivity index (χ0v) is 20.0. The van der Waals surface area contributed by atoms with Crippen LogP contribution in [0.3, 0.4) is 0 Å². The fourth-order valence-corrected chi connectivity index (χ4v) is 4.95. The number of rotatable bonds is 5. The topological polar surface area (TPSA) is 62.3 Å². The number of carbonyl (C=O) groups is 2. The van der Waals surface area contributed by atoms with Gasteiger partial charge in [0.05, 0.1) is 30.7 Å². The number of piperazine rings is 1. The molecule has 0 aromatic heterocycles. The van der Waals surface area contributed by atoms with E-state index < -0.39 is 0 Å². The summed E-state index contributed by atoms with van der Waals surface area (Å²) >= 11 is 6.31. The van der Waals surface area contributed by atoms with Crippen LogP contribution in [0.1, 0.15) is 21.8 Å². The number of hydrogen-bond acceptors (Lipinski definition) is 5. The number of halogens is 1. The average Bonchev–Trinajstić information content (AvgIpc) is 3.29. The maximum absolute atomic E-state index is 13.7. The van der Waals surface area contributed by atoms with Gasteiger partial charge in [0.25, 0.3) is 5.91 Å². The lowest BCUT2D eigenvalue weighted by Gasteiger charge is -2.35. The van der Waals surface area contributed by atoms with Crippen LogP contribution in [0.25, 0.3) is 0 Å². The van der Waals surface area contributed by atoms with Gasteiger partial charge in [-0.1, -0.05) is 23.7 Å². The molecule has 0 spiro atoms. The summed E-state index contributed by atoms with van der Waals surface area (Å²) in [4.78, 5) is 32.9. The Hall–Kier alpha value is -2.77. The molecule has 2 amide bonds. The van der Waals surface area contributed by atoms with Gasteiger partial charge < -0.3 is 24.2 Å². The van der Waals surface area contributed by atoms with Crippen LogP contribution < -0.4 is 9.47 Å². The molecular formula is C25H30ClN3O4. The SMILES string of the molecule is COc1ccc(OC)c(C2CN(C(=O)c3ccccc3Cl)CC2C(=O)N2CCN(C)CC2)c1. The van der Waals surface area contributed by atoms with Crippen molar-refractivity contribution >= 4 is 23.4 Å². The summed E-state index contributed by atoms with van der Waals surface area (Å²) in [5.74, 6) is 0.694. The van der Waals surface area contributed by atoms with Gasteiger partial charge in [-0.15, -0.1) is 0 Å². The number of likely N-dealkylation sites (tertiary alicyclic amines) is 1. The Morgan fingerprint density at radius 2 is 1.67 bits per heavy atom. The quantitative estimate of drug-likeness (QED) is 0.671. The van der Waals surface area contributed by atoms with E-state index in [1.54, 1.807) is 43.4 Å². The van der Waals surface area contributed by atoms with E-state index in [0.717, 1.165) is 18.7 Å². The molecule has 0 bridgehead atoms. The summed E-state index contributed by atoms with van der Waals surface area (Å²) in [6.07, 6.45) is 0. The molecule has 2 aromatic carbocycles. The zero-order chi connectivity index (χ0) is 23.5. The highest BCUT2D eigenvalue weighted by molar-refractivity contribution is 6.33. The van der Waals surface area contributed by atoms with Gasteiger partial charge in [0, 0.05) is 50.7 Å². The van der Waals surface area contributed by atoms with Crippen molar-refractivity contribution in [3.63, 3.8) is 0 Å². The summed E-state index contributed by atoms with van der Waals surface area (Å²) in [6.45, 7) is 3.79. The molecule has 2 aromatic rings. The second-order valence-electron chi connectivity index (χ2n) is 8.64. The van der Waals surface area contributed by atoms with Crippen molar-refractivity contribution in [1.29, 1.82) is 0 Å². The highest BCUT2D eigenvalue weighted by Gasteiger charge is 2.44. The maximum atomic E-state index is 13.7. The summed E-state index contributed by atoms with van der Waals surface area (Å²) in [6, 6.07) is 12.6. The molecule has 2 heterocycles. The van der Waals surface area contributed by atoms with Crippen molar-refractivity contribution in [2.24, 2.45) is 5.92 Å². The third-order valence-electron chi connectivity index (χ3n) is 6.68. The van der Waals surface area contributed by atoms with Gasteiger partial charge in [0.15, 0.2) is 0 Å². The second-order valence-corrected chi connectivity index (χ2v) is 9.05. The highest BCUT2D eigenvalue weighted by atomic mass is 35.5. The summed E-state index contributed by atoms with van der Waals surface area (Å²) in [5, 5.41) is 0.409. The van der Waals surface area contributed by atoms with E-state index in [4.69, 9.17) is 21.1 Å². The molecule has 2 unspecified atom stereocenters. The van der Waals surface area contributed by atoms with Crippen LogP contribution in [0, 0.1) is 5.92 Å². The number of benzene rings is 2. The molecule has 0 aliphatic carbocycles. The maximum Gasteiger partial charge on any atom is 0.255 e. The van der Waals surface area contributed by atoms with E-state index in [2.05, 4.69) is 11.9 Å². The van der Waals surface area contributed by atoms with Crippen molar-refractivity contribution in [3.05, 3.63) is 58.6 Å². The van der Waals surface area contributed by atoms with Gasteiger partial charge in [-0.25, -0.2) is 0 Å². The predicted octanol–water partition coefficient (Wildman–Crippen LogP) is 2.99. The molecule has 2 saturated heterocycles. The van der Waals surface area contributed by atoms with Gasteiger partial charge in [0.2, 0.25) is 5.91 Å². The Morgan fingerprint density at radius 1 is 0.939 bits per heavy atom. The molecular weight excluding hydrogens is 442 g/mol. The lowest BCUT2D eigenvalue weighted by Crippen LogP contribution is -2.50. The molecule has 8 heteroatoms. The summed E-state index contributed by atoms with van der Waals surface area (Å²) in [5.41, 5.74) is 1.32. The molecule has 33 heavy (non-hydrogen) atoms. The smallest absolute Gasteiger partial charge is 0.255 e. The Morgan fingerprint density at radius 3 is 2.33 bits per heavy atom. The Balaban J connectivity index is 1.68. The number of ether oxygens (including phenoxy) is 2. The first-order chi connectivity index (χ1) is 15.9. The first-order valence-corrected chi connectivity index (χ1v) is 11.5. The molecule has 2 atom stereocenters. The molecule has 0 radical (unpaired) electrons. The standard InChI is InChI=1S/C25H30ClN3O4/c1-27-10-12-28(13-11-27)25(31)21-16-29(24(30)18-6-4-5-7-22(18)26)15-20(21)19-14-17(32-2)8-9-23(19)33-3/h4-9,14,20-21H,10-13,15-16H2,1-3H3. The lowest BCUT2D eigenvalue weighted by atomic mass is 9.87. The molecule has 0 N–H and O–H groups in total. The molecule has 4 rings (SSSR count). The highest BCUT2D eigenvalue weighted by Crippen LogP contribution is 2.41. The number of hydrogen-bond donors (Lipinski definition) is 0. The van der Waals surface area contributed by atoms with Crippen molar-refractivity contribution in [1.82, 2.24) is 14.7 Å². The normalized spacial score (nSPS) is 21.2. The van der Waals surface area contributed by atoms with E-state index >= 15 is 0 Å². The first kappa shape index (κ1) is 23.4. The van der Waals surface area contributed by atoms with Gasteiger partial charge in [-0.05, 0) is 37.4 Å². The molecule has 2 aliphatic rings. The van der Waals surface area contributed by atoms with Crippen molar-refractivity contribution in [2.45, 2.75) is 5.92 Å². The molecule has 2 aliphatic heterocycles. The van der Waals surface area contributed by atoms with Crippen LogP contribution in [0.15, 0.2) is 42.5 Å². The Bertz CT molecular complexity index is 1020. The molecule has 0 saturated carbocycles. The minimum Gasteiger partial charge on any atom is -0.497 e. The van der Waals surface area contributed by atoms with Crippen molar-refractivity contribution in [3.8, 4) is 11.5 Å². The third-order valence-corrected chi connectivity index (χ3v) is 7.01. The Kier molecular flexibility index (Phi) is 7.10. The van der Waals surface area contributed by atoms with Gasteiger partial charge in [0.1, 0.15) is 11.5 Å². The average molecular weight is 472 g/mol. The molecule has 2 fully saturated rings. The minimum atomic E-state index is -0.374. The number of nitrogens with zero attached hydrogens (tertiary/aromatic N) is 3.